The molecule has 0 aromatic carbocycles. The average molecular weight is 96.1 g/mol. The van der Waals surface area contributed by atoms with Gasteiger partial charge in [0, 0.05) is 0 Å². The summed E-state index contributed by atoms with van der Waals surface area (Å²) in [4.78, 5) is 0. The minimum atomic E-state index is 0.611. The fraction of sp³-hybridized carbons (Fsp3) is 0.200. The van der Waals surface area contributed by atoms with E-state index < -0.39 is 0 Å². The zero-order chi connectivity index (χ0) is 5.70. The molecule has 0 rings (SSSR count). The molecule has 0 aliphatic heterocycles. The van der Waals surface area contributed by atoms with Crippen LogP contribution in [0.2, 0.25) is 0 Å². The molecular formula is C5H8N2. The molecule has 0 aliphatic carbocycles. The van der Waals surface area contributed by atoms with Gasteiger partial charge in [-0.15, -0.1) is 0 Å². The SMILES string of the molecule is C=C/C(=C\C)N=N. The Morgan fingerprint density at radius 2 is 2.43 bits per heavy atom. The summed E-state index contributed by atoms with van der Waals surface area (Å²) >= 11 is 0. The molecule has 0 fully saturated rings. The van der Waals surface area contributed by atoms with E-state index in [-0.39, 0.29) is 0 Å². The van der Waals surface area contributed by atoms with Gasteiger partial charge in [-0.05, 0) is 13.0 Å². The van der Waals surface area contributed by atoms with E-state index in [4.69, 9.17) is 5.53 Å². The van der Waals surface area contributed by atoms with Crippen molar-refractivity contribution in [3.05, 3.63) is 24.4 Å². The monoisotopic (exact) mass is 96.1 g/mol. The topological polar surface area (TPSA) is 36.2 Å². The van der Waals surface area contributed by atoms with E-state index in [2.05, 4.69) is 11.7 Å². The zero-order valence-corrected chi connectivity index (χ0v) is 4.31. The predicted octanol–water partition coefficient (Wildman–Crippen LogP) is 2.11. The number of nitrogens with zero attached hydrogens (tertiary/aromatic N) is 1. The normalized spacial score (nSPS) is 10.7. The van der Waals surface area contributed by atoms with Crippen LogP contribution in [0.3, 0.4) is 0 Å². The average Bonchev–Trinajstić information content (AvgIpc) is 1.72. The van der Waals surface area contributed by atoms with Gasteiger partial charge >= 0.3 is 0 Å². The molecule has 0 atom stereocenters. The van der Waals surface area contributed by atoms with Gasteiger partial charge in [-0.3, -0.25) is 0 Å². The molecule has 0 aliphatic rings. The first-order valence-corrected chi connectivity index (χ1v) is 2.01. The van der Waals surface area contributed by atoms with E-state index in [9.17, 15) is 0 Å². The van der Waals surface area contributed by atoms with Crippen molar-refractivity contribution >= 4 is 0 Å². The molecule has 0 aromatic rings. The van der Waals surface area contributed by atoms with Crippen molar-refractivity contribution in [1.29, 1.82) is 5.53 Å². The second-order valence-electron chi connectivity index (χ2n) is 1.03. The van der Waals surface area contributed by atoms with E-state index in [1.807, 2.05) is 6.92 Å². The van der Waals surface area contributed by atoms with Crippen molar-refractivity contribution in [3.63, 3.8) is 0 Å². The maximum Gasteiger partial charge on any atom is 0.0801 e. The molecule has 38 valence electrons. The number of hydrogen-bond donors (Lipinski definition) is 1. The predicted molar refractivity (Wildman–Crippen MR) is 29.1 cm³/mol. The maximum absolute atomic E-state index is 6.45. The Kier molecular flexibility index (Phi) is 2.85. The van der Waals surface area contributed by atoms with Gasteiger partial charge in [0.1, 0.15) is 0 Å². The minimum Gasteiger partial charge on any atom is -0.204 e. The second kappa shape index (κ2) is 3.28. The van der Waals surface area contributed by atoms with Gasteiger partial charge in [-0.1, -0.05) is 12.7 Å². The standard InChI is InChI=1S/C5H8N2/c1-3-5(4-2)7-6/h3-4,6H,1H2,2H3/b5-4+,7-6?. The van der Waals surface area contributed by atoms with Crippen LogP contribution in [0.4, 0.5) is 0 Å². The summed E-state index contributed by atoms with van der Waals surface area (Å²) in [7, 11) is 0. The number of allylic oxidation sites excluding steroid dienone is 2. The van der Waals surface area contributed by atoms with E-state index in [0.717, 1.165) is 0 Å². The lowest BCUT2D eigenvalue weighted by atomic mass is 10.4. The van der Waals surface area contributed by atoms with Crippen LogP contribution in [0.25, 0.3) is 0 Å². The first-order valence-electron chi connectivity index (χ1n) is 2.01. The summed E-state index contributed by atoms with van der Waals surface area (Å²) in [6.45, 7) is 5.24. The van der Waals surface area contributed by atoms with Crippen LogP contribution in [0.15, 0.2) is 29.5 Å². The Balaban J connectivity index is 3.85. The van der Waals surface area contributed by atoms with Gasteiger partial charge in [-0.2, -0.15) is 5.11 Å². The van der Waals surface area contributed by atoms with E-state index in [1.165, 1.54) is 6.08 Å². The second-order valence-corrected chi connectivity index (χ2v) is 1.03. The van der Waals surface area contributed by atoms with E-state index in [0.29, 0.717) is 5.70 Å². The summed E-state index contributed by atoms with van der Waals surface area (Å²) in [5.74, 6) is 0. The molecule has 1 N–H and O–H groups in total. The van der Waals surface area contributed by atoms with Gasteiger partial charge in [-0.25, -0.2) is 5.53 Å². The van der Waals surface area contributed by atoms with Crippen LogP contribution in [0.5, 0.6) is 0 Å². The number of nitrogens with one attached hydrogen (secondary N) is 1. The fourth-order valence-electron chi connectivity index (χ4n) is 0.228. The molecule has 0 radical (unpaired) electrons. The lowest BCUT2D eigenvalue weighted by Gasteiger charge is -1.79. The van der Waals surface area contributed by atoms with Crippen LogP contribution in [0, 0.1) is 5.53 Å². The van der Waals surface area contributed by atoms with Gasteiger partial charge in [0.25, 0.3) is 0 Å². The largest absolute Gasteiger partial charge is 0.204 e. The Bertz CT molecular complexity index is 92.6. The van der Waals surface area contributed by atoms with Crippen LogP contribution >= 0.6 is 0 Å². The van der Waals surface area contributed by atoms with Crippen molar-refractivity contribution in [2.75, 3.05) is 0 Å². The highest BCUT2D eigenvalue weighted by molar-refractivity contribution is 5.11. The van der Waals surface area contributed by atoms with Gasteiger partial charge in [0.2, 0.25) is 0 Å². The van der Waals surface area contributed by atoms with Crippen LogP contribution in [-0.2, 0) is 0 Å². The summed E-state index contributed by atoms with van der Waals surface area (Å²) in [6.07, 6.45) is 3.26. The molecule has 7 heavy (non-hydrogen) atoms. The molecule has 0 heterocycles. The lowest BCUT2D eigenvalue weighted by Crippen LogP contribution is -1.61. The number of rotatable bonds is 2. The van der Waals surface area contributed by atoms with E-state index >= 15 is 0 Å². The smallest absolute Gasteiger partial charge is 0.0801 e. The summed E-state index contributed by atoms with van der Waals surface area (Å²) in [5.41, 5.74) is 7.06. The van der Waals surface area contributed by atoms with Gasteiger partial charge in [0.05, 0.1) is 5.70 Å². The molecule has 2 heteroatoms. The molecule has 0 saturated carbocycles. The highest BCUT2D eigenvalue weighted by atomic mass is 15.0. The van der Waals surface area contributed by atoms with Gasteiger partial charge < -0.3 is 0 Å². The molecule has 0 bridgehead atoms. The quantitative estimate of drug-likeness (QED) is 0.403. The first kappa shape index (κ1) is 6.08. The highest BCUT2D eigenvalue weighted by Gasteiger charge is 1.75. The summed E-state index contributed by atoms with van der Waals surface area (Å²) in [5, 5.41) is 3.12. The Morgan fingerprint density at radius 3 is 2.43 bits per heavy atom. The van der Waals surface area contributed by atoms with Crippen molar-refractivity contribution in [2.45, 2.75) is 6.92 Å². The number of hydrogen-bond acceptors (Lipinski definition) is 2. The van der Waals surface area contributed by atoms with Crippen LogP contribution in [0.1, 0.15) is 6.92 Å². The molecular weight excluding hydrogens is 88.1 g/mol. The highest BCUT2D eigenvalue weighted by Crippen LogP contribution is 1.93. The molecule has 0 aromatic heterocycles. The van der Waals surface area contributed by atoms with Crippen LogP contribution < -0.4 is 0 Å². The third kappa shape index (κ3) is 1.87. The molecule has 0 unspecified atom stereocenters. The molecule has 0 saturated heterocycles. The maximum atomic E-state index is 6.45. The zero-order valence-electron chi connectivity index (χ0n) is 4.31. The summed E-state index contributed by atoms with van der Waals surface area (Å²) < 4.78 is 0. The molecule has 0 spiro atoms. The Labute approximate surface area is 43.1 Å². The lowest BCUT2D eigenvalue weighted by molar-refractivity contribution is 1.09. The van der Waals surface area contributed by atoms with Crippen molar-refractivity contribution in [2.24, 2.45) is 5.11 Å². The first-order chi connectivity index (χ1) is 3.35. The molecule has 2 nitrogen and oxygen atoms in total. The van der Waals surface area contributed by atoms with Crippen molar-refractivity contribution < 1.29 is 0 Å². The van der Waals surface area contributed by atoms with Gasteiger partial charge in [0.15, 0.2) is 0 Å². The molecule has 0 amide bonds. The van der Waals surface area contributed by atoms with Crippen LogP contribution in [-0.4, -0.2) is 0 Å². The van der Waals surface area contributed by atoms with Crippen molar-refractivity contribution in [3.8, 4) is 0 Å². The Morgan fingerprint density at radius 1 is 1.86 bits per heavy atom. The van der Waals surface area contributed by atoms with E-state index in [1.54, 1.807) is 6.08 Å². The summed E-state index contributed by atoms with van der Waals surface area (Å²) in [6, 6.07) is 0. The fourth-order valence-corrected chi connectivity index (χ4v) is 0.228. The minimum absolute atomic E-state index is 0.611. The third-order valence-electron chi connectivity index (χ3n) is 0.634. The Hall–Kier alpha value is -0.920. The van der Waals surface area contributed by atoms with Crippen molar-refractivity contribution in [1.82, 2.24) is 0 Å². The third-order valence-corrected chi connectivity index (χ3v) is 0.634.